The molecule has 2 heterocycles. The third kappa shape index (κ3) is 6.27. The van der Waals surface area contributed by atoms with Crippen molar-refractivity contribution in [2.45, 2.75) is 24.0 Å². The molecule has 0 aliphatic heterocycles. The number of aromatic nitrogens is 2. The normalized spacial score (nSPS) is 11.9. The Kier molecular flexibility index (Phi) is 7.60. The summed E-state index contributed by atoms with van der Waals surface area (Å²) < 4.78 is 18.1. The van der Waals surface area contributed by atoms with Crippen molar-refractivity contribution in [3.63, 3.8) is 0 Å². The molecule has 6 nitrogen and oxygen atoms in total. The van der Waals surface area contributed by atoms with E-state index in [0.29, 0.717) is 30.3 Å². The highest BCUT2D eigenvalue weighted by Crippen LogP contribution is 2.25. The summed E-state index contributed by atoms with van der Waals surface area (Å²) in [5.41, 5.74) is 2.59. The summed E-state index contributed by atoms with van der Waals surface area (Å²) in [7, 11) is -1.36. The summed E-state index contributed by atoms with van der Waals surface area (Å²) in [6, 6.07) is 11.7. The van der Waals surface area contributed by atoms with Gasteiger partial charge in [0.1, 0.15) is 11.5 Å². The van der Waals surface area contributed by atoms with Crippen molar-refractivity contribution in [1.29, 1.82) is 0 Å². The van der Waals surface area contributed by atoms with Crippen molar-refractivity contribution in [2.75, 3.05) is 18.6 Å². The van der Waals surface area contributed by atoms with E-state index in [0.717, 1.165) is 16.0 Å². The minimum absolute atomic E-state index is 0.0552. The van der Waals surface area contributed by atoms with Gasteiger partial charge in [-0.1, -0.05) is 0 Å². The van der Waals surface area contributed by atoms with Crippen LogP contribution < -0.4 is 5.32 Å². The van der Waals surface area contributed by atoms with Crippen molar-refractivity contribution >= 4 is 28.5 Å². The van der Waals surface area contributed by atoms with E-state index in [1.54, 1.807) is 31.1 Å². The fourth-order valence-electron chi connectivity index (χ4n) is 2.72. The molecule has 8 heteroatoms. The number of aryl methyl sites for hydroxylation is 1. The number of nitrogens with zero attached hydrogens (tertiary/aromatic N) is 2. The lowest BCUT2D eigenvalue weighted by Crippen LogP contribution is -2.30. The number of nitrogens with one attached hydrogen (secondary N) is 1. The van der Waals surface area contributed by atoms with Crippen molar-refractivity contribution < 1.29 is 13.4 Å². The third-order valence-corrected chi connectivity index (χ3v) is 6.23. The average Bonchev–Trinajstić information content (AvgIpc) is 3.09. The van der Waals surface area contributed by atoms with Crippen molar-refractivity contribution in [3.8, 4) is 11.5 Å². The predicted octanol–water partition coefficient (Wildman–Crippen LogP) is 3.37. The van der Waals surface area contributed by atoms with Gasteiger partial charge in [0, 0.05) is 40.2 Å². The molecule has 29 heavy (non-hydrogen) atoms. The molecule has 0 saturated carbocycles. The molecular weight excluding hydrogens is 406 g/mol. The van der Waals surface area contributed by atoms with E-state index in [1.807, 2.05) is 42.7 Å². The third-order valence-electron chi connectivity index (χ3n) is 4.30. The van der Waals surface area contributed by atoms with Gasteiger partial charge in [-0.15, -0.1) is 11.8 Å². The second-order valence-electron chi connectivity index (χ2n) is 6.43. The lowest BCUT2D eigenvalue weighted by molar-refractivity contribution is -0.118. The van der Waals surface area contributed by atoms with E-state index in [4.69, 9.17) is 4.42 Å². The van der Waals surface area contributed by atoms with E-state index >= 15 is 0 Å². The van der Waals surface area contributed by atoms with Gasteiger partial charge in [-0.25, -0.2) is 4.98 Å². The average molecular weight is 430 g/mol. The first-order valence-electron chi connectivity index (χ1n) is 9.16. The summed E-state index contributed by atoms with van der Waals surface area (Å²) in [5, 5.41) is 2.81. The SMILES string of the molecule is CSc1ccc(-c2nc(CS(=O)CC(=O)NCCc3ccncc3)c(C)o2)cc1. The minimum Gasteiger partial charge on any atom is -0.441 e. The molecule has 1 N–H and O–H groups in total. The summed E-state index contributed by atoms with van der Waals surface area (Å²) >= 11 is 1.67. The van der Waals surface area contributed by atoms with Gasteiger partial charge < -0.3 is 9.73 Å². The zero-order chi connectivity index (χ0) is 20.6. The van der Waals surface area contributed by atoms with Gasteiger partial charge in [0.2, 0.25) is 11.8 Å². The Hall–Kier alpha value is -2.45. The summed E-state index contributed by atoms with van der Waals surface area (Å²) in [5.74, 6) is 1.03. The molecule has 0 aliphatic carbocycles. The van der Waals surface area contributed by atoms with Crippen LogP contribution in [0.15, 0.2) is 58.1 Å². The second-order valence-corrected chi connectivity index (χ2v) is 8.77. The standard InChI is InChI=1S/C21H23N3O3S2/c1-15-19(24-21(27-15)17-3-5-18(28-2)6-4-17)13-29(26)14-20(25)23-12-9-16-7-10-22-11-8-16/h3-8,10-11H,9,12-14H2,1-2H3,(H,23,25). The van der Waals surface area contributed by atoms with Gasteiger partial charge in [0.25, 0.3) is 0 Å². The molecule has 0 aliphatic rings. The zero-order valence-electron chi connectivity index (χ0n) is 16.4. The molecular formula is C21H23N3O3S2. The minimum atomic E-state index is -1.36. The van der Waals surface area contributed by atoms with Gasteiger partial charge in [0.15, 0.2) is 0 Å². The summed E-state index contributed by atoms with van der Waals surface area (Å²) in [4.78, 5) is 21.6. The van der Waals surface area contributed by atoms with Crippen LogP contribution in [0.1, 0.15) is 17.0 Å². The van der Waals surface area contributed by atoms with Crippen LogP contribution >= 0.6 is 11.8 Å². The Morgan fingerprint density at radius 3 is 2.59 bits per heavy atom. The Bertz CT molecular complexity index is 973. The van der Waals surface area contributed by atoms with Gasteiger partial charge in [-0.05, 0) is 61.6 Å². The number of benzene rings is 1. The first-order valence-corrected chi connectivity index (χ1v) is 11.9. The fourth-order valence-corrected chi connectivity index (χ4v) is 4.19. The molecule has 152 valence electrons. The van der Waals surface area contributed by atoms with Crippen LogP contribution in [0.25, 0.3) is 11.5 Å². The Labute approximate surface area is 177 Å². The molecule has 3 rings (SSSR count). The van der Waals surface area contributed by atoms with Gasteiger partial charge in [-0.3, -0.25) is 14.0 Å². The number of oxazole rings is 1. The zero-order valence-corrected chi connectivity index (χ0v) is 18.0. The van der Waals surface area contributed by atoms with Crippen LogP contribution in [0.5, 0.6) is 0 Å². The number of hydrogen-bond acceptors (Lipinski definition) is 6. The second kappa shape index (κ2) is 10.4. The number of carbonyl (C=O) groups is 1. The van der Waals surface area contributed by atoms with Crippen molar-refractivity contribution in [3.05, 3.63) is 65.8 Å². The number of carbonyl (C=O) groups excluding carboxylic acids is 1. The molecule has 1 aromatic carbocycles. The first-order chi connectivity index (χ1) is 14.0. The van der Waals surface area contributed by atoms with Gasteiger partial charge in [-0.2, -0.15) is 0 Å². The Morgan fingerprint density at radius 1 is 1.17 bits per heavy atom. The van der Waals surface area contributed by atoms with E-state index in [2.05, 4.69) is 15.3 Å². The number of thioether (sulfide) groups is 1. The molecule has 3 aromatic rings. The van der Waals surface area contributed by atoms with E-state index in [9.17, 15) is 9.00 Å². The topological polar surface area (TPSA) is 85.1 Å². The number of pyridine rings is 1. The van der Waals surface area contributed by atoms with E-state index in [-0.39, 0.29) is 17.4 Å². The number of amides is 1. The maximum atomic E-state index is 12.4. The Balaban J connectivity index is 1.50. The highest BCUT2D eigenvalue weighted by atomic mass is 32.2. The van der Waals surface area contributed by atoms with Gasteiger partial charge in [0.05, 0.1) is 11.4 Å². The molecule has 2 aromatic heterocycles. The molecule has 0 bridgehead atoms. The summed E-state index contributed by atoms with van der Waals surface area (Å²) in [6.45, 7) is 2.30. The van der Waals surface area contributed by atoms with Crippen LogP contribution in [0, 0.1) is 6.92 Å². The fraction of sp³-hybridized carbons (Fsp3) is 0.286. The largest absolute Gasteiger partial charge is 0.441 e. The smallest absolute Gasteiger partial charge is 0.232 e. The summed E-state index contributed by atoms with van der Waals surface area (Å²) in [6.07, 6.45) is 6.17. The first kappa shape index (κ1) is 21.3. The molecule has 0 spiro atoms. The number of rotatable bonds is 9. The molecule has 1 amide bonds. The van der Waals surface area contributed by atoms with Crippen LogP contribution in [0.2, 0.25) is 0 Å². The van der Waals surface area contributed by atoms with Crippen LogP contribution in [-0.2, 0) is 27.8 Å². The predicted molar refractivity (Wildman–Crippen MR) is 116 cm³/mol. The molecule has 0 fully saturated rings. The quantitative estimate of drug-likeness (QED) is 0.525. The van der Waals surface area contributed by atoms with E-state index < -0.39 is 10.8 Å². The highest BCUT2D eigenvalue weighted by Gasteiger charge is 2.16. The maximum absolute atomic E-state index is 12.4. The molecule has 1 atom stereocenters. The molecule has 0 saturated heterocycles. The molecule has 0 radical (unpaired) electrons. The van der Waals surface area contributed by atoms with Crippen LogP contribution in [0.4, 0.5) is 0 Å². The Morgan fingerprint density at radius 2 is 1.90 bits per heavy atom. The van der Waals surface area contributed by atoms with E-state index in [1.165, 1.54) is 0 Å². The highest BCUT2D eigenvalue weighted by molar-refractivity contribution is 7.98. The molecule has 1 unspecified atom stereocenters. The van der Waals surface area contributed by atoms with Crippen LogP contribution in [0.3, 0.4) is 0 Å². The lowest BCUT2D eigenvalue weighted by atomic mass is 10.2. The van der Waals surface area contributed by atoms with Crippen molar-refractivity contribution in [2.24, 2.45) is 0 Å². The van der Waals surface area contributed by atoms with Gasteiger partial charge >= 0.3 is 0 Å². The monoisotopic (exact) mass is 429 g/mol. The lowest BCUT2D eigenvalue weighted by Gasteiger charge is -2.05. The van der Waals surface area contributed by atoms with Crippen molar-refractivity contribution in [1.82, 2.24) is 15.3 Å². The van der Waals surface area contributed by atoms with Crippen LogP contribution in [-0.4, -0.2) is 38.6 Å². The number of hydrogen-bond donors (Lipinski definition) is 1. The maximum Gasteiger partial charge on any atom is 0.232 e.